The first-order valence-corrected chi connectivity index (χ1v) is 1.10. The first kappa shape index (κ1) is 16.1. The number of carbonyl (C=O) groups excluding carboxylic acids is 1. The molecule has 0 aromatic heterocycles. The van der Waals surface area contributed by atoms with Crippen LogP contribution in [0.4, 0.5) is 4.79 Å². The Hall–Kier alpha value is 1.20. The summed E-state index contributed by atoms with van der Waals surface area (Å²) in [7, 11) is 0. The van der Waals surface area contributed by atoms with Crippen molar-refractivity contribution in [1.82, 2.24) is 0 Å². The second-order valence-electron chi connectivity index (χ2n) is 0.480. The van der Waals surface area contributed by atoms with E-state index in [1.807, 2.05) is 0 Å². The number of ether oxygens (including phenoxy) is 1. The maximum Gasteiger partial charge on any atom is 2.00 e. The van der Waals surface area contributed by atoms with Crippen LogP contribution in [0.1, 0.15) is 4.28 Å². The van der Waals surface area contributed by atoms with Crippen molar-refractivity contribution in [2.45, 2.75) is 0 Å². The molecular formula is C2H5CaNaO4. The normalized spacial score (nSPS) is 5.00. The standard InChI is InChI=1S/C2H2O4.Ca.Na.3H/c3-1-6-2(4)5;;;;;/h1H,(H,4,5);;;;;/q;+2;+1;3*-1. The van der Waals surface area contributed by atoms with Gasteiger partial charge in [-0.15, -0.1) is 0 Å². The minimum atomic E-state index is -1.58. The minimum Gasteiger partial charge on any atom is -1.00 e. The molecule has 4 nitrogen and oxygen atoms in total. The van der Waals surface area contributed by atoms with E-state index >= 15 is 0 Å². The zero-order valence-corrected chi connectivity index (χ0v) is 8.66. The Kier molecular flexibility index (Phi) is 22.2. The summed E-state index contributed by atoms with van der Waals surface area (Å²) in [5.41, 5.74) is 0. The van der Waals surface area contributed by atoms with Crippen molar-refractivity contribution in [2.24, 2.45) is 0 Å². The summed E-state index contributed by atoms with van der Waals surface area (Å²) in [5, 5.41) is 7.46. The molecule has 8 heavy (non-hydrogen) atoms. The van der Waals surface area contributed by atoms with Gasteiger partial charge in [0.25, 0.3) is 0 Å². The van der Waals surface area contributed by atoms with Gasteiger partial charge in [0.05, 0.1) is 0 Å². The Morgan fingerprint density at radius 3 is 2.12 bits per heavy atom. The second kappa shape index (κ2) is 11.1. The van der Waals surface area contributed by atoms with Gasteiger partial charge in [-0.05, 0) is 0 Å². The molecule has 0 aliphatic rings. The summed E-state index contributed by atoms with van der Waals surface area (Å²) >= 11 is 0. The Morgan fingerprint density at radius 2 is 2.12 bits per heavy atom. The minimum absolute atomic E-state index is 0. The van der Waals surface area contributed by atoms with Crippen LogP contribution in [-0.2, 0) is 9.53 Å². The molecule has 0 amide bonds. The van der Waals surface area contributed by atoms with Crippen molar-refractivity contribution >= 4 is 50.4 Å². The van der Waals surface area contributed by atoms with Gasteiger partial charge < -0.3 is 14.1 Å². The van der Waals surface area contributed by atoms with Crippen LogP contribution in [0.25, 0.3) is 0 Å². The monoisotopic (exact) mass is 156 g/mol. The molecule has 0 saturated heterocycles. The summed E-state index contributed by atoms with van der Waals surface area (Å²) in [6, 6.07) is 0. The van der Waals surface area contributed by atoms with Crippen LogP contribution in [0, 0.1) is 0 Å². The van der Waals surface area contributed by atoms with E-state index in [0.717, 1.165) is 0 Å². The number of hydrogen-bond donors (Lipinski definition) is 1. The fourth-order valence-corrected chi connectivity index (χ4v) is 0.0412. The average molecular weight is 156 g/mol. The predicted molar refractivity (Wildman–Crippen MR) is 24.3 cm³/mol. The second-order valence-corrected chi connectivity index (χ2v) is 0.480. The van der Waals surface area contributed by atoms with Gasteiger partial charge in [-0.2, -0.15) is 0 Å². The summed E-state index contributed by atoms with van der Waals surface area (Å²) in [6.45, 7) is -0.150. The molecular weight excluding hydrogens is 151 g/mol. The van der Waals surface area contributed by atoms with Crippen molar-refractivity contribution < 1.29 is 53.3 Å². The molecule has 0 aliphatic carbocycles. The van der Waals surface area contributed by atoms with Gasteiger partial charge in [0.1, 0.15) is 0 Å². The zero-order valence-electron chi connectivity index (χ0n) is 7.46. The molecule has 0 aliphatic heterocycles. The molecule has 0 heterocycles. The molecule has 40 valence electrons. The van der Waals surface area contributed by atoms with E-state index in [-0.39, 0.29) is 78.0 Å². The number of carboxylic acid groups (broad SMARTS) is 1. The van der Waals surface area contributed by atoms with E-state index in [2.05, 4.69) is 4.74 Å². The van der Waals surface area contributed by atoms with Crippen LogP contribution in [0.5, 0.6) is 0 Å². The number of hydrogen-bond acceptors (Lipinski definition) is 3. The largest absolute Gasteiger partial charge is 2.00 e. The van der Waals surface area contributed by atoms with E-state index < -0.39 is 6.16 Å². The molecule has 0 aromatic rings. The van der Waals surface area contributed by atoms with Crippen LogP contribution >= 0.6 is 0 Å². The summed E-state index contributed by atoms with van der Waals surface area (Å²) in [6.07, 6.45) is -1.58. The Morgan fingerprint density at radius 1 is 1.75 bits per heavy atom. The van der Waals surface area contributed by atoms with Crippen LogP contribution in [0.15, 0.2) is 0 Å². The molecule has 6 heteroatoms. The molecule has 1 N–H and O–H groups in total. The summed E-state index contributed by atoms with van der Waals surface area (Å²) < 4.78 is 3.28. The van der Waals surface area contributed by atoms with Gasteiger partial charge in [0.2, 0.25) is 0 Å². The Labute approximate surface area is 102 Å². The van der Waals surface area contributed by atoms with E-state index in [4.69, 9.17) is 14.7 Å². The van der Waals surface area contributed by atoms with Crippen LogP contribution < -0.4 is 29.6 Å². The van der Waals surface area contributed by atoms with E-state index in [1.165, 1.54) is 0 Å². The van der Waals surface area contributed by atoms with Gasteiger partial charge in [0, 0.05) is 0 Å². The first-order valence-electron chi connectivity index (χ1n) is 1.10. The van der Waals surface area contributed by atoms with Crippen LogP contribution in [-0.4, -0.2) is 55.5 Å². The summed E-state index contributed by atoms with van der Waals surface area (Å²) in [5.74, 6) is 0. The van der Waals surface area contributed by atoms with Crippen molar-refractivity contribution in [3.63, 3.8) is 0 Å². The number of carbonyl (C=O) groups is 2. The van der Waals surface area contributed by atoms with Gasteiger partial charge >= 0.3 is 79.9 Å². The third-order valence-electron chi connectivity index (χ3n) is 0.149. The predicted octanol–water partition coefficient (Wildman–Crippen LogP) is -3.20. The molecule has 0 atom stereocenters. The first-order chi connectivity index (χ1) is 2.77. The van der Waals surface area contributed by atoms with Crippen LogP contribution in [0.3, 0.4) is 0 Å². The fraction of sp³-hybridized carbons (Fsp3) is 0. The molecule has 0 unspecified atom stereocenters. The molecule has 0 aromatic carbocycles. The molecule has 0 spiro atoms. The molecule has 0 radical (unpaired) electrons. The molecule has 0 fully saturated rings. The van der Waals surface area contributed by atoms with Crippen molar-refractivity contribution in [1.29, 1.82) is 0 Å². The summed E-state index contributed by atoms with van der Waals surface area (Å²) in [4.78, 5) is 18.2. The van der Waals surface area contributed by atoms with E-state index in [9.17, 15) is 0 Å². The topological polar surface area (TPSA) is 63.6 Å². The Balaban J connectivity index is -0.0000000125. The SMILES string of the molecule is O=COC(=O)O.[Ca+2].[H-].[H-].[H-].[Na+]. The third-order valence-corrected chi connectivity index (χ3v) is 0.149. The van der Waals surface area contributed by atoms with Crippen molar-refractivity contribution in [2.75, 3.05) is 0 Å². The molecule has 0 rings (SSSR count). The van der Waals surface area contributed by atoms with Gasteiger partial charge in [-0.25, -0.2) is 4.79 Å². The smallest absolute Gasteiger partial charge is 1.00 e. The number of rotatable bonds is 1. The van der Waals surface area contributed by atoms with Gasteiger partial charge in [-0.1, -0.05) is 0 Å². The zero-order chi connectivity index (χ0) is 4.99. The van der Waals surface area contributed by atoms with Crippen LogP contribution in [0.2, 0.25) is 0 Å². The molecule has 0 bridgehead atoms. The Bertz CT molecular complexity index is 83.7. The third kappa shape index (κ3) is 15.7. The van der Waals surface area contributed by atoms with Crippen molar-refractivity contribution in [3.8, 4) is 0 Å². The average Bonchev–Trinajstić information content (AvgIpc) is 1.35. The fourth-order valence-electron chi connectivity index (χ4n) is 0.0412. The van der Waals surface area contributed by atoms with E-state index in [1.54, 1.807) is 0 Å². The molecule has 0 saturated carbocycles. The van der Waals surface area contributed by atoms with Gasteiger partial charge in [0.15, 0.2) is 0 Å². The van der Waals surface area contributed by atoms with E-state index in [0.29, 0.717) is 0 Å². The van der Waals surface area contributed by atoms with Gasteiger partial charge in [-0.3, -0.25) is 4.79 Å². The quantitative estimate of drug-likeness (QED) is 0.188. The maximum atomic E-state index is 9.15. The maximum absolute atomic E-state index is 9.15. The van der Waals surface area contributed by atoms with Crippen molar-refractivity contribution in [3.05, 3.63) is 0 Å².